The highest BCUT2D eigenvalue weighted by atomic mass is 16.3. The molecule has 1 unspecified atom stereocenters. The van der Waals surface area contributed by atoms with Gasteiger partial charge in [-0.3, -0.25) is 4.90 Å². The average Bonchev–Trinajstić information content (AvgIpc) is 2.34. The van der Waals surface area contributed by atoms with Gasteiger partial charge in [0, 0.05) is 32.2 Å². The van der Waals surface area contributed by atoms with Gasteiger partial charge in [-0.1, -0.05) is 30.3 Å². The molecule has 1 saturated heterocycles. The normalized spacial score (nSPS) is 22.8. The van der Waals surface area contributed by atoms with Crippen molar-refractivity contribution in [3.05, 3.63) is 35.9 Å². The van der Waals surface area contributed by atoms with E-state index >= 15 is 0 Å². The zero-order chi connectivity index (χ0) is 12.1. The molecule has 0 saturated carbocycles. The number of benzene rings is 1. The molecular weight excluding hydrogens is 212 g/mol. The van der Waals surface area contributed by atoms with E-state index in [-0.39, 0.29) is 6.61 Å². The third-order valence-corrected chi connectivity index (χ3v) is 3.51. The highest BCUT2D eigenvalue weighted by Crippen LogP contribution is 2.13. The Morgan fingerprint density at radius 1 is 1.24 bits per heavy atom. The van der Waals surface area contributed by atoms with E-state index in [9.17, 15) is 0 Å². The number of hydrogen-bond acceptors (Lipinski definition) is 3. The molecule has 0 radical (unpaired) electrons. The van der Waals surface area contributed by atoms with Crippen LogP contribution in [0.2, 0.25) is 0 Å². The van der Waals surface area contributed by atoms with Crippen molar-refractivity contribution in [2.24, 2.45) is 0 Å². The van der Waals surface area contributed by atoms with Crippen molar-refractivity contribution in [2.75, 3.05) is 39.8 Å². The molecule has 1 fully saturated rings. The van der Waals surface area contributed by atoms with Crippen LogP contribution in [-0.2, 0) is 6.42 Å². The Morgan fingerprint density at radius 3 is 2.71 bits per heavy atom. The fourth-order valence-electron chi connectivity index (χ4n) is 2.55. The van der Waals surface area contributed by atoms with Crippen LogP contribution < -0.4 is 0 Å². The third kappa shape index (κ3) is 3.53. The third-order valence-electron chi connectivity index (χ3n) is 3.51. The molecule has 1 aliphatic rings. The van der Waals surface area contributed by atoms with Crippen molar-refractivity contribution in [2.45, 2.75) is 12.5 Å². The molecule has 94 valence electrons. The number of aliphatic hydroxyl groups is 1. The van der Waals surface area contributed by atoms with Gasteiger partial charge in [-0.2, -0.15) is 0 Å². The standard InChI is InChI=1S/C14H22N2O/c1-15-7-8-16(9-10-17)14(12-15)11-13-5-3-2-4-6-13/h2-6,14,17H,7-12H2,1H3. The van der Waals surface area contributed by atoms with Gasteiger partial charge in [0.25, 0.3) is 0 Å². The lowest BCUT2D eigenvalue weighted by Crippen LogP contribution is -2.53. The molecule has 0 bridgehead atoms. The highest BCUT2D eigenvalue weighted by Gasteiger charge is 2.24. The number of nitrogens with zero attached hydrogens (tertiary/aromatic N) is 2. The summed E-state index contributed by atoms with van der Waals surface area (Å²) in [6.45, 7) is 4.31. The predicted molar refractivity (Wildman–Crippen MR) is 70.1 cm³/mol. The van der Waals surface area contributed by atoms with Crippen LogP contribution >= 0.6 is 0 Å². The Balaban J connectivity index is 1.99. The van der Waals surface area contributed by atoms with Crippen LogP contribution in [0, 0.1) is 0 Å². The van der Waals surface area contributed by atoms with E-state index in [1.165, 1.54) is 5.56 Å². The molecule has 1 aromatic rings. The van der Waals surface area contributed by atoms with E-state index in [1.54, 1.807) is 0 Å². The Morgan fingerprint density at radius 2 is 2.00 bits per heavy atom. The summed E-state index contributed by atoms with van der Waals surface area (Å²) in [6, 6.07) is 11.2. The second-order valence-electron chi connectivity index (χ2n) is 4.87. The first-order chi connectivity index (χ1) is 8.29. The van der Waals surface area contributed by atoms with Crippen molar-refractivity contribution in [3.8, 4) is 0 Å². The van der Waals surface area contributed by atoms with E-state index in [2.05, 4.69) is 47.2 Å². The van der Waals surface area contributed by atoms with Crippen LogP contribution in [-0.4, -0.2) is 60.8 Å². The second-order valence-corrected chi connectivity index (χ2v) is 4.87. The average molecular weight is 234 g/mol. The number of aliphatic hydroxyl groups excluding tert-OH is 1. The maximum Gasteiger partial charge on any atom is 0.0558 e. The lowest BCUT2D eigenvalue weighted by Gasteiger charge is -2.40. The first-order valence-corrected chi connectivity index (χ1v) is 6.37. The molecule has 1 atom stereocenters. The topological polar surface area (TPSA) is 26.7 Å². The molecule has 0 amide bonds. The van der Waals surface area contributed by atoms with Crippen molar-refractivity contribution < 1.29 is 5.11 Å². The minimum Gasteiger partial charge on any atom is -0.395 e. The van der Waals surface area contributed by atoms with Crippen molar-refractivity contribution in [1.82, 2.24) is 9.80 Å². The summed E-state index contributed by atoms with van der Waals surface area (Å²) in [5.41, 5.74) is 1.38. The highest BCUT2D eigenvalue weighted by molar-refractivity contribution is 5.16. The van der Waals surface area contributed by atoms with Gasteiger partial charge in [0.2, 0.25) is 0 Å². The zero-order valence-corrected chi connectivity index (χ0v) is 10.5. The minimum absolute atomic E-state index is 0.259. The molecule has 1 aromatic carbocycles. The second kappa shape index (κ2) is 6.15. The quantitative estimate of drug-likeness (QED) is 0.836. The van der Waals surface area contributed by atoms with Crippen LogP contribution in [0.1, 0.15) is 5.56 Å². The zero-order valence-electron chi connectivity index (χ0n) is 10.5. The minimum atomic E-state index is 0.259. The van der Waals surface area contributed by atoms with Crippen LogP contribution in [0.15, 0.2) is 30.3 Å². The molecule has 17 heavy (non-hydrogen) atoms. The fraction of sp³-hybridized carbons (Fsp3) is 0.571. The molecule has 1 N–H and O–H groups in total. The van der Waals surface area contributed by atoms with Gasteiger partial charge in [0.05, 0.1) is 6.61 Å². The largest absolute Gasteiger partial charge is 0.395 e. The predicted octanol–water partition coefficient (Wildman–Crippen LogP) is 0.837. The van der Waals surface area contributed by atoms with E-state index < -0.39 is 0 Å². The molecular formula is C14H22N2O. The van der Waals surface area contributed by atoms with Gasteiger partial charge in [-0.25, -0.2) is 0 Å². The van der Waals surface area contributed by atoms with Crippen LogP contribution in [0.4, 0.5) is 0 Å². The summed E-state index contributed by atoms with van der Waals surface area (Å²) < 4.78 is 0. The Kier molecular flexibility index (Phi) is 4.54. The van der Waals surface area contributed by atoms with E-state index in [0.29, 0.717) is 6.04 Å². The summed E-state index contributed by atoms with van der Waals surface area (Å²) in [7, 11) is 2.17. The summed E-state index contributed by atoms with van der Waals surface area (Å²) in [6.07, 6.45) is 1.07. The Hall–Kier alpha value is -0.900. The summed E-state index contributed by atoms with van der Waals surface area (Å²) in [4.78, 5) is 4.79. The van der Waals surface area contributed by atoms with Crippen molar-refractivity contribution >= 4 is 0 Å². The van der Waals surface area contributed by atoms with Gasteiger partial charge >= 0.3 is 0 Å². The molecule has 3 nitrogen and oxygen atoms in total. The van der Waals surface area contributed by atoms with Crippen LogP contribution in [0.5, 0.6) is 0 Å². The smallest absolute Gasteiger partial charge is 0.0558 e. The first-order valence-electron chi connectivity index (χ1n) is 6.37. The van der Waals surface area contributed by atoms with Gasteiger partial charge < -0.3 is 10.0 Å². The number of β-amino-alcohol motifs (C(OH)–C–C–N with tert-alkyl or cyclic N) is 1. The van der Waals surface area contributed by atoms with Gasteiger partial charge in [0.1, 0.15) is 0 Å². The summed E-state index contributed by atoms with van der Waals surface area (Å²) in [5.74, 6) is 0. The van der Waals surface area contributed by atoms with Gasteiger partial charge in [-0.05, 0) is 19.0 Å². The summed E-state index contributed by atoms with van der Waals surface area (Å²) >= 11 is 0. The molecule has 0 aliphatic carbocycles. The molecule has 0 spiro atoms. The van der Waals surface area contributed by atoms with E-state index in [1.807, 2.05) is 0 Å². The molecule has 2 rings (SSSR count). The maximum absolute atomic E-state index is 9.11. The van der Waals surface area contributed by atoms with Crippen molar-refractivity contribution in [3.63, 3.8) is 0 Å². The molecule has 3 heteroatoms. The Labute approximate surface area is 104 Å². The first kappa shape index (κ1) is 12.6. The molecule has 0 aromatic heterocycles. The number of rotatable bonds is 4. The van der Waals surface area contributed by atoms with Crippen LogP contribution in [0.3, 0.4) is 0 Å². The van der Waals surface area contributed by atoms with Crippen LogP contribution in [0.25, 0.3) is 0 Å². The van der Waals surface area contributed by atoms with Crippen molar-refractivity contribution in [1.29, 1.82) is 0 Å². The molecule has 1 heterocycles. The Bertz CT molecular complexity index is 328. The number of likely N-dealkylation sites (N-methyl/N-ethyl adjacent to an activating group) is 1. The number of hydrogen-bond donors (Lipinski definition) is 1. The van der Waals surface area contributed by atoms with Gasteiger partial charge in [0.15, 0.2) is 0 Å². The lowest BCUT2D eigenvalue weighted by atomic mass is 10.0. The lowest BCUT2D eigenvalue weighted by molar-refractivity contribution is 0.0730. The fourth-order valence-corrected chi connectivity index (χ4v) is 2.55. The maximum atomic E-state index is 9.11. The number of piperazine rings is 1. The van der Waals surface area contributed by atoms with E-state index in [0.717, 1.165) is 32.6 Å². The van der Waals surface area contributed by atoms with E-state index in [4.69, 9.17) is 5.11 Å². The SMILES string of the molecule is CN1CCN(CCO)C(Cc2ccccc2)C1. The molecule has 1 aliphatic heterocycles. The van der Waals surface area contributed by atoms with Gasteiger partial charge in [-0.15, -0.1) is 0 Å². The summed E-state index contributed by atoms with van der Waals surface area (Å²) in [5, 5.41) is 9.11. The monoisotopic (exact) mass is 234 g/mol.